The summed E-state index contributed by atoms with van der Waals surface area (Å²) in [6, 6.07) is 1.73. The van der Waals surface area contributed by atoms with E-state index in [1.54, 1.807) is 6.07 Å². The minimum atomic E-state index is -3.34. The predicted octanol–water partition coefficient (Wildman–Crippen LogP) is 4.31. The zero-order chi connectivity index (χ0) is 14.8. The molecular weight excluding hydrogens is 358 g/mol. The van der Waals surface area contributed by atoms with Gasteiger partial charge in [0.2, 0.25) is 10.0 Å². The maximum atomic E-state index is 12.2. The molecule has 2 rings (SSSR count). The van der Waals surface area contributed by atoms with Gasteiger partial charge in [-0.3, -0.25) is 0 Å². The summed E-state index contributed by atoms with van der Waals surface area (Å²) in [5.74, 6) is 1.34. The minimum Gasteiger partial charge on any atom is -0.210 e. The Morgan fingerprint density at radius 1 is 1.30 bits per heavy atom. The van der Waals surface area contributed by atoms with Crippen molar-refractivity contribution in [2.24, 2.45) is 11.8 Å². The smallest absolute Gasteiger partial charge is 0.210 e. The molecule has 3 nitrogen and oxygen atoms in total. The number of sulfonamides is 1. The standard InChI is InChI=1S/C14H22BrNO2S2/c1-3-11-4-6-12(7-5-11)9-16-20(17,18)13-8-10(2)14(15)19-13/h8,11-12,16H,3-7,9H2,1-2H3. The first-order valence-corrected chi connectivity index (χ1v) is 10.3. The van der Waals surface area contributed by atoms with Crippen LogP contribution in [0.25, 0.3) is 0 Å². The highest BCUT2D eigenvalue weighted by molar-refractivity contribution is 9.11. The van der Waals surface area contributed by atoms with E-state index in [1.165, 1.54) is 30.6 Å². The van der Waals surface area contributed by atoms with Crippen LogP contribution in [0.4, 0.5) is 0 Å². The SMILES string of the molecule is CCC1CCC(CNS(=O)(=O)c2cc(C)c(Br)s2)CC1. The Bertz CT molecular complexity index is 526. The van der Waals surface area contributed by atoms with Crippen LogP contribution < -0.4 is 4.72 Å². The Morgan fingerprint density at radius 2 is 1.90 bits per heavy atom. The van der Waals surface area contributed by atoms with Crippen LogP contribution in [0.3, 0.4) is 0 Å². The van der Waals surface area contributed by atoms with Crippen LogP contribution in [0.1, 0.15) is 44.6 Å². The van der Waals surface area contributed by atoms with Crippen molar-refractivity contribution in [2.45, 2.75) is 50.2 Å². The van der Waals surface area contributed by atoms with Gasteiger partial charge in [0.25, 0.3) is 0 Å². The molecule has 1 aliphatic rings. The summed E-state index contributed by atoms with van der Waals surface area (Å²) in [6.07, 6.45) is 6.03. The van der Waals surface area contributed by atoms with E-state index in [1.807, 2.05) is 6.92 Å². The van der Waals surface area contributed by atoms with Gasteiger partial charge in [-0.05, 0) is 59.2 Å². The Morgan fingerprint density at radius 3 is 2.40 bits per heavy atom. The fraction of sp³-hybridized carbons (Fsp3) is 0.714. The van der Waals surface area contributed by atoms with Crippen LogP contribution in [-0.2, 0) is 10.0 Å². The number of rotatable bonds is 5. The average Bonchev–Trinajstić information content (AvgIpc) is 2.78. The second kappa shape index (κ2) is 6.90. The van der Waals surface area contributed by atoms with E-state index >= 15 is 0 Å². The molecule has 1 fully saturated rings. The lowest BCUT2D eigenvalue weighted by Crippen LogP contribution is -2.31. The molecule has 1 aromatic heterocycles. The lowest BCUT2D eigenvalue weighted by atomic mass is 9.81. The Hall–Kier alpha value is 0.0900. The number of nitrogens with one attached hydrogen (secondary N) is 1. The van der Waals surface area contributed by atoms with E-state index in [4.69, 9.17) is 0 Å². The zero-order valence-electron chi connectivity index (χ0n) is 12.0. The quantitative estimate of drug-likeness (QED) is 0.827. The van der Waals surface area contributed by atoms with E-state index in [-0.39, 0.29) is 0 Å². The van der Waals surface area contributed by atoms with Crippen molar-refractivity contribution >= 4 is 37.3 Å². The van der Waals surface area contributed by atoms with E-state index in [9.17, 15) is 8.42 Å². The van der Waals surface area contributed by atoms with Crippen molar-refractivity contribution in [3.8, 4) is 0 Å². The lowest BCUT2D eigenvalue weighted by molar-refractivity contribution is 0.270. The Kier molecular flexibility index (Phi) is 5.68. The van der Waals surface area contributed by atoms with Crippen molar-refractivity contribution < 1.29 is 8.42 Å². The van der Waals surface area contributed by atoms with Crippen LogP contribution in [0.5, 0.6) is 0 Å². The first kappa shape index (κ1) is 16.5. The van der Waals surface area contributed by atoms with Crippen molar-refractivity contribution in [3.63, 3.8) is 0 Å². The van der Waals surface area contributed by atoms with Crippen LogP contribution in [0.2, 0.25) is 0 Å². The normalized spacial score (nSPS) is 23.9. The highest BCUT2D eigenvalue weighted by atomic mass is 79.9. The van der Waals surface area contributed by atoms with Gasteiger partial charge in [-0.25, -0.2) is 13.1 Å². The van der Waals surface area contributed by atoms with Gasteiger partial charge in [0, 0.05) is 6.54 Å². The highest BCUT2D eigenvalue weighted by Gasteiger charge is 2.23. The van der Waals surface area contributed by atoms with Crippen LogP contribution in [0.15, 0.2) is 14.1 Å². The molecule has 0 bridgehead atoms. The summed E-state index contributed by atoms with van der Waals surface area (Å²) < 4.78 is 28.6. The number of hydrogen-bond donors (Lipinski definition) is 1. The van der Waals surface area contributed by atoms with Gasteiger partial charge in [0.1, 0.15) is 4.21 Å². The van der Waals surface area contributed by atoms with Crippen LogP contribution in [-0.4, -0.2) is 15.0 Å². The maximum Gasteiger partial charge on any atom is 0.250 e. The second-order valence-corrected chi connectivity index (χ2v) is 10.0. The van der Waals surface area contributed by atoms with E-state index in [2.05, 4.69) is 27.6 Å². The molecule has 0 aliphatic heterocycles. The largest absolute Gasteiger partial charge is 0.250 e. The highest BCUT2D eigenvalue weighted by Crippen LogP contribution is 2.32. The van der Waals surface area contributed by atoms with Gasteiger partial charge in [-0.1, -0.05) is 26.2 Å². The molecule has 20 heavy (non-hydrogen) atoms. The van der Waals surface area contributed by atoms with Gasteiger partial charge < -0.3 is 0 Å². The van der Waals surface area contributed by atoms with Gasteiger partial charge >= 0.3 is 0 Å². The molecule has 0 aromatic carbocycles. The molecule has 1 saturated carbocycles. The molecule has 6 heteroatoms. The van der Waals surface area contributed by atoms with Gasteiger partial charge in [-0.15, -0.1) is 11.3 Å². The average molecular weight is 380 g/mol. The van der Waals surface area contributed by atoms with Gasteiger partial charge in [-0.2, -0.15) is 0 Å². The topological polar surface area (TPSA) is 46.2 Å². The van der Waals surface area contributed by atoms with E-state index in [0.717, 1.165) is 28.1 Å². The summed E-state index contributed by atoms with van der Waals surface area (Å²) in [4.78, 5) is 0. The van der Waals surface area contributed by atoms with Crippen molar-refractivity contribution in [3.05, 3.63) is 15.4 Å². The van der Waals surface area contributed by atoms with Crippen molar-refractivity contribution in [1.29, 1.82) is 0 Å². The third kappa shape index (κ3) is 4.06. The van der Waals surface area contributed by atoms with Crippen molar-refractivity contribution in [2.75, 3.05) is 6.54 Å². The summed E-state index contributed by atoms with van der Waals surface area (Å²) in [7, 11) is -3.34. The molecule has 0 amide bonds. The molecule has 1 aromatic rings. The summed E-state index contributed by atoms with van der Waals surface area (Å²) in [6.45, 7) is 4.73. The van der Waals surface area contributed by atoms with E-state index < -0.39 is 10.0 Å². The summed E-state index contributed by atoms with van der Waals surface area (Å²) in [5, 5.41) is 0. The van der Waals surface area contributed by atoms with Gasteiger partial charge in [0.05, 0.1) is 3.79 Å². The first-order valence-electron chi connectivity index (χ1n) is 7.18. The molecule has 0 saturated heterocycles. The number of halogens is 1. The fourth-order valence-electron chi connectivity index (χ4n) is 2.71. The minimum absolute atomic E-state index is 0.407. The first-order chi connectivity index (χ1) is 9.42. The fourth-order valence-corrected chi connectivity index (χ4v) is 6.09. The molecule has 114 valence electrons. The molecule has 1 heterocycles. The third-order valence-electron chi connectivity index (χ3n) is 4.21. The predicted molar refractivity (Wildman–Crippen MR) is 87.7 cm³/mol. The van der Waals surface area contributed by atoms with E-state index in [0.29, 0.717) is 16.7 Å². The third-order valence-corrected chi connectivity index (χ3v) is 8.24. The Labute approximate surface area is 134 Å². The monoisotopic (exact) mass is 379 g/mol. The number of thiophene rings is 1. The molecular formula is C14H22BrNO2S2. The maximum absolute atomic E-state index is 12.2. The molecule has 0 radical (unpaired) electrons. The number of aryl methyl sites for hydroxylation is 1. The second-order valence-electron chi connectivity index (χ2n) is 5.67. The van der Waals surface area contributed by atoms with Crippen molar-refractivity contribution in [1.82, 2.24) is 4.72 Å². The molecule has 0 atom stereocenters. The molecule has 1 N–H and O–H groups in total. The molecule has 0 spiro atoms. The lowest BCUT2D eigenvalue weighted by Gasteiger charge is -2.27. The van der Waals surface area contributed by atoms with Crippen LogP contribution >= 0.6 is 27.3 Å². The number of hydrogen-bond acceptors (Lipinski definition) is 3. The summed E-state index contributed by atoms with van der Waals surface area (Å²) in [5.41, 5.74) is 0.971. The zero-order valence-corrected chi connectivity index (χ0v) is 15.2. The van der Waals surface area contributed by atoms with Gasteiger partial charge in [0.15, 0.2) is 0 Å². The molecule has 1 aliphatic carbocycles. The van der Waals surface area contributed by atoms with Crippen LogP contribution in [0, 0.1) is 18.8 Å². The Balaban J connectivity index is 1.90. The molecule has 0 unspecified atom stereocenters. The summed E-state index contributed by atoms with van der Waals surface area (Å²) >= 11 is 4.66.